The van der Waals surface area contributed by atoms with Crippen molar-refractivity contribution in [3.8, 4) is 0 Å². The monoisotopic (exact) mass is 332 g/mol. The molecule has 4 rings (SSSR count). The predicted octanol–water partition coefficient (Wildman–Crippen LogP) is 2.26. The van der Waals surface area contributed by atoms with E-state index in [1.54, 1.807) is 18.5 Å². The van der Waals surface area contributed by atoms with Crippen LogP contribution in [0.4, 0.5) is 0 Å². The highest BCUT2D eigenvalue weighted by Crippen LogP contribution is 2.07. The molecule has 0 spiro atoms. The number of benzene rings is 1. The lowest BCUT2D eigenvalue weighted by molar-refractivity contribution is 0.925. The molecule has 3 heterocycles. The van der Waals surface area contributed by atoms with Crippen LogP contribution in [0.2, 0.25) is 0 Å². The van der Waals surface area contributed by atoms with Gasteiger partial charge in [-0.25, -0.2) is 0 Å². The molecule has 0 fully saturated rings. The summed E-state index contributed by atoms with van der Waals surface area (Å²) in [5.74, 6) is 0.526. The topological polar surface area (TPSA) is 60.2 Å². The van der Waals surface area contributed by atoms with E-state index in [1.165, 1.54) is 15.9 Å². The van der Waals surface area contributed by atoms with Crippen LogP contribution in [0.3, 0.4) is 0 Å². The number of aromatic nitrogens is 4. The van der Waals surface area contributed by atoms with Crippen molar-refractivity contribution in [2.75, 3.05) is 0 Å². The van der Waals surface area contributed by atoms with Gasteiger partial charge in [0, 0.05) is 12.4 Å². The second-order valence-corrected chi connectivity index (χ2v) is 6.11. The van der Waals surface area contributed by atoms with Gasteiger partial charge in [-0.3, -0.25) is 9.78 Å². The van der Waals surface area contributed by atoms with Crippen molar-refractivity contribution < 1.29 is 0 Å². The average Bonchev–Trinajstić information content (AvgIpc) is 3.15. The first kappa shape index (κ1) is 14.5. The molecule has 0 saturated heterocycles. The Bertz CT molecular complexity index is 1110. The minimum atomic E-state index is -0.154. The molecular weight excluding hydrogens is 320 g/mol. The zero-order valence-corrected chi connectivity index (χ0v) is 13.4. The van der Waals surface area contributed by atoms with Gasteiger partial charge in [0.2, 0.25) is 4.96 Å². The Balaban J connectivity index is 1.70. The summed E-state index contributed by atoms with van der Waals surface area (Å²) < 4.78 is 1.96. The SMILES string of the molecule is O=c1/c(=C\c2ccncc2)sc2nc(/C=C/c3ccccc3)nn12. The molecule has 0 N–H and O–H groups in total. The molecule has 0 aliphatic heterocycles. The van der Waals surface area contributed by atoms with Crippen LogP contribution >= 0.6 is 11.3 Å². The molecule has 0 saturated carbocycles. The molecular formula is C18H12N4OS. The van der Waals surface area contributed by atoms with Crippen LogP contribution in [0.25, 0.3) is 23.2 Å². The summed E-state index contributed by atoms with van der Waals surface area (Å²) in [5, 5.41) is 4.27. The van der Waals surface area contributed by atoms with Gasteiger partial charge in [-0.15, -0.1) is 5.10 Å². The van der Waals surface area contributed by atoms with Gasteiger partial charge in [-0.05, 0) is 35.4 Å². The molecule has 24 heavy (non-hydrogen) atoms. The fourth-order valence-corrected chi connectivity index (χ4v) is 3.18. The molecule has 0 bridgehead atoms. The van der Waals surface area contributed by atoms with Gasteiger partial charge >= 0.3 is 0 Å². The second kappa shape index (κ2) is 6.17. The van der Waals surface area contributed by atoms with E-state index in [2.05, 4.69) is 15.1 Å². The molecule has 0 aliphatic carbocycles. The summed E-state index contributed by atoms with van der Waals surface area (Å²) in [6.45, 7) is 0. The van der Waals surface area contributed by atoms with Crippen LogP contribution in [0, 0.1) is 0 Å². The molecule has 6 heteroatoms. The lowest BCUT2D eigenvalue weighted by Gasteiger charge is -1.89. The van der Waals surface area contributed by atoms with Gasteiger partial charge < -0.3 is 0 Å². The van der Waals surface area contributed by atoms with Crippen LogP contribution in [-0.4, -0.2) is 19.6 Å². The van der Waals surface area contributed by atoms with Crippen molar-refractivity contribution in [1.82, 2.24) is 19.6 Å². The predicted molar refractivity (Wildman–Crippen MR) is 95.5 cm³/mol. The molecule has 0 atom stereocenters. The summed E-state index contributed by atoms with van der Waals surface area (Å²) in [6.07, 6.45) is 8.94. The van der Waals surface area contributed by atoms with Crippen molar-refractivity contribution in [3.63, 3.8) is 0 Å². The van der Waals surface area contributed by atoms with Crippen LogP contribution in [0.1, 0.15) is 17.0 Å². The van der Waals surface area contributed by atoms with Gasteiger partial charge in [-0.2, -0.15) is 9.50 Å². The third-order valence-corrected chi connectivity index (χ3v) is 4.39. The Morgan fingerprint density at radius 3 is 2.50 bits per heavy atom. The average molecular weight is 332 g/mol. The third kappa shape index (κ3) is 2.87. The van der Waals surface area contributed by atoms with Gasteiger partial charge in [-0.1, -0.05) is 47.7 Å². The Kier molecular flexibility index (Phi) is 3.72. The van der Waals surface area contributed by atoms with Gasteiger partial charge in [0.15, 0.2) is 5.82 Å². The van der Waals surface area contributed by atoms with Crippen LogP contribution in [-0.2, 0) is 0 Å². The van der Waals surface area contributed by atoms with E-state index in [0.29, 0.717) is 15.3 Å². The van der Waals surface area contributed by atoms with E-state index in [1.807, 2.05) is 54.6 Å². The fourth-order valence-electron chi connectivity index (χ4n) is 2.27. The highest BCUT2D eigenvalue weighted by Gasteiger charge is 2.08. The Morgan fingerprint density at radius 2 is 1.75 bits per heavy atom. The standard InChI is InChI=1S/C18H12N4OS/c23-17-15(12-14-8-10-19-11-9-14)24-18-20-16(21-22(17)18)7-6-13-4-2-1-3-5-13/h1-12H/b7-6+,15-12+. The van der Waals surface area contributed by atoms with Crippen molar-refractivity contribution in [2.24, 2.45) is 0 Å². The molecule has 0 unspecified atom stereocenters. The first-order valence-corrected chi connectivity index (χ1v) is 8.16. The van der Waals surface area contributed by atoms with E-state index >= 15 is 0 Å². The number of thiazole rings is 1. The molecule has 0 radical (unpaired) electrons. The fraction of sp³-hybridized carbons (Fsp3) is 0. The minimum absolute atomic E-state index is 0.154. The maximum Gasteiger partial charge on any atom is 0.291 e. The van der Waals surface area contributed by atoms with Crippen LogP contribution in [0.15, 0.2) is 59.7 Å². The molecule has 0 aliphatic rings. The van der Waals surface area contributed by atoms with E-state index < -0.39 is 0 Å². The zero-order valence-electron chi connectivity index (χ0n) is 12.5. The van der Waals surface area contributed by atoms with Crippen LogP contribution in [0.5, 0.6) is 0 Å². The summed E-state index contributed by atoms with van der Waals surface area (Å²) in [7, 11) is 0. The van der Waals surface area contributed by atoms with Gasteiger partial charge in [0.1, 0.15) is 0 Å². The Labute approximate surface area is 141 Å². The summed E-state index contributed by atoms with van der Waals surface area (Å²) in [6, 6.07) is 13.6. The number of pyridine rings is 1. The summed E-state index contributed by atoms with van der Waals surface area (Å²) >= 11 is 1.33. The zero-order chi connectivity index (χ0) is 16.4. The second-order valence-electron chi connectivity index (χ2n) is 5.10. The molecule has 0 amide bonds. The molecule has 3 aromatic heterocycles. The Hall–Kier alpha value is -3.12. The van der Waals surface area contributed by atoms with Gasteiger partial charge in [0.05, 0.1) is 4.53 Å². The van der Waals surface area contributed by atoms with E-state index in [9.17, 15) is 4.79 Å². The largest absolute Gasteiger partial charge is 0.291 e. The lowest BCUT2D eigenvalue weighted by Crippen LogP contribution is -2.23. The first-order chi connectivity index (χ1) is 11.8. The number of fused-ring (bicyclic) bond motifs is 1. The third-order valence-electron chi connectivity index (χ3n) is 3.43. The van der Waals surface area contributed by atoms with Gasteiger partial charge in [0.25, 0.3) is 5.56 Å². The molecule has 1 aromatic carbocycles. The number of rotatable bonds is 3. The maximum absolute atomic E-state index is 12.4. The van der Waals surface area contributed by atoms with E-state index in [-0.39, 0.29) is 5.56 Å². The molecule has 5 nitrogen and oxygen atoms in total. The number of hydrogen-bond acceptors (Lipinski definition) is 5. The maximum atomic E-state index is 12.4. The molecule has 116 valence electrons. The minimum Gasteiger partial charge on any atom is -0.266 e. The van der Waals surface area contributed by atoms with E-state index in [4.69, 9.17) is 0 Å². The summed E-state index contributed by atoms with van der Waals surface area (Å²) in [4.78, 5) is 21.4. The number of hydrogen-bond donors (Lipinski definition) is 0. The quantitative estimate of drug-likeness (QED) is 0.577. The first-order valence-electron chi connectivity index (χ1n) is 7.34. The van der Waals surface area contributed by atoms with Crippen molar-refractivity contribution in [1.29, 1.82) is 0 Å². The van der Waals surface area contributed by atoms with E-state index in [0.717, 1.165) is 11.1 Å². The van der Waals surface area contributed by atoms with Crippen molar-refractivity contribution in [2.45, 2.75) is 0 Å². The van der Waals surface area contributed by atoms with Crippen molar-refractivity contribution >= 4 is 34.5 Å². The number of nitrogens with zero attached hydrogens (tertiary/aromatic N) is 4. The molecule has 4 aromatic rings. The normalized spacial score (nSPS) is 12.4. The summed E-state index contributed by atoms with van der Waals surface area (Å²) in [5.41, 5.74) is 1.83. The highest BCUT2D eigenvalue weighted by atomic mass is 32.1. The smallest absolute Gasteiger partial charge is 0.266 e. The lowest BCUT2D eigenvalue weighted by atomic mass is 10.2. The Morgan fingerprint density at radius 1 is 0.958 bits per heavy atom. The van der Waals surface area contributed by atoms with Crippen LogP contribution < -0.4 is 10.1 Å². The van der Waals surface area contributed by atoms with Crippen molar-refractivity contribution in [3.05, 3.63) is 86.7 Å². The highest BCUT2D eigenvalue weighted by molar-refractivity contribution is 7.15.